The molecule has 2 heterocycles. The van der Waals surface area contributed by atoms with Crippen molar-refractivity contribution in [1.82, 2.24) is 10.2 Å². The molecule has 0 aromatic rings. The Hall–Kier alpha value is -1.10. The van der Waals surface area contributed by atoms with Gasteiger partial charge in [0.2, 0.25) is 5.91 Å². The van der Waals surface area contributed by atoms with Crippen molar-refractivity contribution in [1.29, 1.82) is 0 Å². The number of carboxylic acid groups (broad SMARTS) is 1. The molecule has 2 aliphatic rings. The van der Waals surface area contributed by atoms with Crippen LogP contribution in [0.3, 0.4) is 0 Å². The summed E-state index contributed by atoms with van der Waals surface area (Å²) in [6, 6.07) is 0.487. The number of amides is 1. The Morgan fingerprint density at radius 3 is 2.28 bits per heavy atom. The van der Waals surface area contributed by atoms with Gasteiger partial charge in [-0.2, -0.15) is 0 Å². The molecule has 0 radical (unpaired) electrons. The van der Waals surface area contributed by atoms with Crippen LogP contribution in [0.5, 0.6) is 0 Å². The Balaban J connectivity index is 0.000000357. The Labute approximate surface area is 109 Å². The summed E-state index contributed by atoms with van der Waals surface area (Å²) in [7, 11) is 0. The minimum absolute atomic E-state index is 0.0963. The summed E-state index contributed by atoms with van der Waals surface area (Å²) < 4.78 is 0. The van der Waals surface area contributed by atoms with Crippen LogP contribution in [0.4, 0.5) is 0 Å². The van der Waals surface area contributed by atoms with E-state index in [0.29, 0.717) is 11.9 Å². The summed E-state index contributed by atoms with van der Waals surface area (Å²) in [5.74, 6) is -0.470. The fourth-order valence-corrected chi connectivity index (χ4v) is 2.75. The number of nitrogens with zero attached hydrogens (tertiary/aromatic N) is 1. The van der Waals surface area contributed by atoms with E-state index >= 15 is 0 Å². The number of nitrogens with one attached hydrogen (secondary N) is 1. The highest BCUT2D eigenvalue weighted by molar-refractivity contribution is 5.79. The van der Waals surface area contributed by atoms with Crippen LogP contribution in [0.1, 0.15) is 46.5 Å². The lowest BCUT2D eigenvalue weighted by Crippen LogP contribution is -2.51. The number of rotatable bonds is 1. The first kappa shape index (κ1) is 15.0. The molecule has 2 N–H and O–H groups in total. The Bertz CT molecular complexity index is 305. The summed E-state index contributed by atoms with van der Waals surface area (Å²) in [5, 5.41) is 10.8. The highest BCUT2D eigenvalue weighted by atomic mass is 16.4. The zero-order valence-electron chi connectivity index (χ0n) is 11.5. The summed E-state index contributed by atoms with van der Waals surface area (Å²) in [6.07, 6.45) is 4.01. The van der Waals surface area contributed by atoms with Crippen molar-refractivity contribution < 1.29 is 14.7 Å². The van der Waals surface area contributed by atoms with Gasteiger partial charge in [0, 0.05) is 24.9 Å². The number of piperidine rings is 1. The molecule has 0 aromatic heterocycles. The first-order valence-corrected chi connectivity index (χ1v) is 6.57. The first-order chi connectivity index (χ1) is 8.34. The van der Waals surface area contributed by atoms with Crippen molar-refractivity contribution in [3.05, 3.63) is 0 Å². The van der Waals surface area contributed by atoms with Gasteiger partial charge in [0.05, 0.1) is 0 Å². The van der Waals surface area contributed by atoms with Crippen LogP contribution in [0, 0.1) is 0 Å². The topological polar surface area (TPSA) is 69.6 Å². The molecule has 0 saturated carbocycles. The number of likely N-dealkylation sites (tertiary alicyclic amines) is 1. The number of hydrogen-bond donors (Lipinski definition) is 2. The molecule has 18 heavy (non-hydrogen) atoms. The quantitative estimate of drug-likeness (QED) is 0.740. The molecule has 2 rings (SSSR count). The molecule has 0 bridgehead atoms. The van der Waals surface area contributed by atoms with Gasteiger partial charge in [0.25, 0.3) is 5.97 Å². The Morgan fingerprint density at radius 2 is 1.89 bits per heavy atom. The van der Waals surface area contributed by atoms with Crippen LogP contribution in [0.15, 0.2) is 0 Å². The number of aliphatic carboxylic acids is 1. The third-order valence-corrected chi connectivity index (χ3v) is 3.55. The van der Waals surface area contributed by atoms with Gasteiger partial charge >= 0.3 is 0 Å². The molecule has 5 nitrogen and oxygen atoms in total. The monoisotopic (exact) mass is 256 g/mol. The van der Waals surface area contributed by atoms with Gasteiger partial charge < -0.3 is 15.3 Å². The maximum Gasteiger partial charge on any atom is 0.300 e. The minimum Gasteiger partial charge on any atom is -0.481 e. The van der Waals surface area contributed by atoms with Crippen molar-refractivity contribution >= 4 is 11.9 Å². The summed E-state index contributed by atoms with van der Waals surface area (Å²) in [5.41, 5.74) is 0.0963. The second-order valence-electron chi connectivity index (χ2n) is 5.58. The van der Waals surface area contributed by atoms with Crippen LogP contribution < -0.4 is 5.32 Å². The predicted molar refractivity (Wildman–Crippen MR) is 69.4 cm³/mol. The Kier molecular flexibility index (Phi) is 5.14. The van der Waals surface area contributed by atoms with Crippen LogP contribution in [-0.4, -0.2) is 46.6 Å². The number of carboxylic acids is 1. The molecule has 0 aliphatic carbocycles. The van der Waals surface area contributed by atoms with Gasteiger partial charge in [-0.3, -0.25) is 9.59 Å². The van der Waals surface area contributed by atoms with E-state index in [0.717, 1.165) is 45.7 Å². The summed E-state index contributed by atoms with van der Waals surface area (Å²) >= 11 is 0. The van der Waals surface area contributed by atoms with Gasteiger partial charge in [0.15, 0.2) is 0 Å². The molecule has 0 atom stereocenters. The highest BCUT2D eigenvalue weighted by Crippen LogP contribution is 2.33. The molecule has 2 fully saturated rings. The first-order valence-electron chi connectivity index (χ1n) is 6.57. The standard InChI is InChI=1S/C11H20N2O.C2H4O2/c1-11(2)6-3-10(14)13(11)9-4-7-12-8-5-9;1-2(3)4/h9,12H,3-8H2,1-2H3;1H3,(H,3,4). The fourth-order valence-electron chi connectivity index (χ4n) is 2.75. The van der Waals surface area contributed by atoms with E-state index in [1.54, 1.807) is 0 Å². The molecule has 104 valence electrons. The lowest BCUT2D eigenvalue weighted by Gasteiger charge is -2.40. The average Bonchev–Trinajstić information content (AvgIpc) is 2.53. The van der Waals surface area contributed by atoms with Crippen molar-refractivity contribution in [3.63, 3.8) is 0 Å². The number of hydrogen-bond acceptors (Lipinski definition) is 3. The van der Waals surface area contributed by atoms with Crippen LogP contribution in [-0.2, 0) is 9.59 Å². The van der Waals surface area contributed by atoms with E-state index in [4.69, 9.17) is 9.90 Å². The average molecular weight is 256 g/mol. The van der Waals surface area contributed by atoms with E-state index in [1.807, 2.05) is 0 Å². The largest absolute Gasteiger partial charge is 0.481 e. The molecule has 2 aliphatic heterocycles. The molecule has 1 amide bonds. The molecule has 2 saturated heterocycles. The molecule has 5 heteroatoms. The Morgan fingerprint density at radius 1 is 1.39 bits per heavy atom. The number of carbonyl (C=O) groups excluding carboxylic acids is 1. The molecule has 0 spiro atoms. The molecular formula is C13H24N2O3. The van der Waals surface area contributed by atoms with E-state index in [9.17, 15) is 4.79 Å². The zero-order chi connectivity index (χ0) is 13.8. The van der Waals surface area contributed by atoms with Gasteiger partial charge in [-0.25, -0.2) is 0 Å². The molecular weight excluding hydrogens is 232 g/mol. The van der Waals surface area contributed by atoms with Gasteiger partial charge in [0.1, 0.15) is 0 Å². The zero-order valence-corrected chi connectivity index (χ0v) is 11.5. The maximum absolute atomic E-state index is 11.8. The highest BCUT2D eigenvalue weighted by Gasteiger charge is 2.41. The number of carbonyl (C=O) groups is 2. The van der Waals surface area contributed by atoms with E-state index < -0.39 is 5.97 Å². The van der Waals surface area contributed by atoms with Crippen molar-refractivity contribution in [2.75, 3.05) is 13.1 Å². The van der Waals surface area contributed by atoms with Crippen LogP contribution in [0.25, 0.3) is 0 Å². The smallest absolute Gasteiger partial charge is 0.300 e. The van der Waals surface area contributed by atoms with Gasteiger partial charge in [-0.05, 0) is 46.2 Å². The summed E-state index contributed by atoms with van der Waals surface area (Å²) in [6.45, 7) is 7.59. The second-order valence-corrected chi connectivity index (χ2v) is 5.58. The van der Waals surface area contributed by atoms with Gasteiger partial charge in [-0.15, -0.1) is 0 Å². The van der Waals surface area contributed by atoms with Crippen LogP contribution >= 0.6 is 0 Å². The molecule has 0 unspecified atom stereocenters. The van der Waals surface area contributed by atoms with Crippen molar-refractivity contribution in [2.45, 2.75) is 58.0 Å². The van der Waals surface area contributed by atoms with Crippen molar-refractivity contribution in [2.24, 2.45) is 0 Å². The SMILES string of the molecule is CC(=O)O.CC1(C)CCC(=O)N1C1CCNCC1. The summed E-state index contributed by atoms with van der Waals surface area (Å²) in [4.78, 5) is 22.9. The maximum atomic E-state index is 11.8. The van der Waals surface area contributed by atoms with Crippen LogP contribution in [0.2, 0.25) is 0 Å². The second kappa shape index (κ2) is 6.18. The van der Waals surface area contributed by atoms with E-state index in [-0.39, 0.29) is 5.54 Å². The van der Waals surface area contributed by atoms with Gasteiger partial charge in [-0.1, -0.05) is 0 Å². The van der Waals surface area contributed by atoms with E-state index in [2.05, 4.69) is 24.1 Å². The lowest BCUT2D eigenvalue weighted by atomic mass is 9.97. The third-order valence-electron chi connectivity index (χ3n) is 3.55. The molecule has 0 aromatic carbocycles. The third kappa shape index (κ3) is 3.98. The normalized spacial score (nSPS) is 23.5. The minimum atomic E-state index is -0.833. The predicted octanol–water partition coefficient (Wildman–Crippen LogP) is 1.23. The lowest BCUT2D eigenvalue weighted by molar-refractivity contribution is -0.135. The van der Waals surface area contributed by atoms with E-state index in [1.165, 1.54) is 0 Å². The fraction of sp³-hybridized carbons (Fsp3) is 0.846. The van der Waals surface area contributed by atoms with Crippen molar-refractivity contribution in [3.8, 4) is 0 Å².